The minimum absolute atomic E-state index is 0.173. The van der Waals surface area contributed by atoms with E-state index in [4.69, 9.17) is 21.7 Å². The van der Waals surface area contributed by atoms with Crippen molar-refractivity contribution in [2.45, 2.75) is 69.3 Å². The van der Waals surface area contributed by atoms with E-state index in [0.29, 0.717) is 29.5 Å². The van der Waals surface area contributed by atoms with Crippen LogP contribution in [-0.2, 0) is 16.2 Å². The molecule has 1 aliphatic carbocycles. The molecule has 3 aliphatic rings. The Hall–Kier alpha value is -4.25. The fraction of sp³-hybridized carbons (Fsp3) is 0.382. The number of nitrogens with zero attached hydrogens (tertiary/aromatic N) is 3. The third-order valence-corrected chi connectivity index (χ3v) is 9.28. The third-order valence-electron chi connectivity index (χ3n) is 8.98. The first kappa shape index (κ1) is 31.7. The van der Waals surface area contributed by atoms with Crippen LogP contribution in [0.25, 0.3) is 11.3 Å². The van der Waals surface area contributed by atoms with Crippen LogP contribution in [0.4, 0.5) is 19.0 Å². The van der Waals surface area contributed by atoms with E-state index in [1.807, 2.05) is 12.1 Å². The third kappa shape index (κ3) is 6.65. The zero-order valence-electron chi connectivity index (χ0n) is 24.7. The van der Waals surface area contributed by atoms with Gasteiger partial charge in [0, 0.05) is 29.8 Å². The number of aliphatic carboxylic acids is 1. The Morgan fingerprint density at radius 2 is 1.72 bits per heavy atom. The van der Waals surface area contributed by atoms with Crippen LogP contribution in [0.1, 0.15) is 55.6 Å². The molecule has 12 heteroatoms. The second kappa shape index (κ2) is 12.9. The number of nitrogens with one attached hydrogen (secondary N) is 1. The summed E-state index contributed by atoms with van der Waals surface area (Å²) in [6, 6.07) is 18.0. The summed E-state index contributed by atoms with van der Waals surface area (Å²) in [7, 11) is 0. The summed E-state index contributed by atoms with van der Waals surface area (Å²) in [6.07, 6.45) is 1.25. The number of carbonyl (C=O) groups excluding carboxylic acids is 1. The van der Waals surface area contributed by atoms with Crippen molar-refractivity contribution >= 4 is 41.2 Å². The van der Waals surface area contributed by atoms with Gasteiger partial charge in [0.05, 0.1) is 10.7 Å². The second-order valence-corrected chi connectivity index (χ2v) is 12.5. The van der Waals surface area contributed by atoms with Gasteiger partial charge >= 0.3 is 12.1 Å². The van der Waals surface area contributed by atoms with Gasteiger partial charge in [-0.3, -0.25) is 9.59 Å². The molecule has 2 aliphatic heterocycles. The van der Waals surface area contributed by atoms with Gasteiger partial charge in [0.25, 0.3) is 0 Å². The molecule has 0 spiro atoms. The highest BCUT2D eigenvalue weighted by molar-refractivity contribution is 6.32. The minimum Gasteiger partial charge on any atom is -0.487 e. The number of aliphatic imine (C=N–C) groups is 1. The lowest BCUT2D eigenvalue weighted by Crippen LogP contribution is -2.46. The number of carbonyl (C=O) groups is 2. The van der Waals surface area contributed by atoms with Crippen molar-refractivity contribution in [3.63, 3.8) is 0 Å². The molecule has 3 fully saturated rings. The van der Waals surface area contributed by atoms with E-state index in [9.17, 15) is 27.9 Å². The molecule has 3 aromatic rings. The van der Waals surface area contributed by atoms with Crippen LogP contribution >= 0.6 is 11.6 Å². The Balaban J connectivity index is 1.17. The van der Waals surface area contributed by atoms with Crippen molar-refractivity contribution in [2.24, 2.45) is 16.8 Å². The van der Waals surface area contributed by atoms with E-state index in [-0.39, 0.29) is 41.0 Å². The first-order valence-electron chi connectivity index (χ1n) is 15.2. The lowest BCUT2D eigenvalue weighted by Gasteiger charge is -2.39. The number of rotatable bonds is 10. The maximum absolute atomic E-state index is 13.7. The molecule has 8 nitrogen and oxygen atoms in total. The number of aromatic nitrogens is 1. The molecule has 2 aromatic carbocycles. The summed E-state index contributed by atoms with van der Waals surface area (Å²) in [5.41, 5.74) is 1.12. The summed E-state index contributed by atoms with van der Waals surface area (Å²) in [6.45, 7) is 0.173. The fourth-order valence-electron chi connectivity index (χ4n) is 6.58. The Labute approximate surface area is 268 Å². The summed E-state index contributed by atoms with van der Waals surface area (Å²) in [5.74, 6) is -3.22. The van der Waals surface area contributed by atoms with Gasteiger partial charge in [-0.15, -0.1) is 0 Å². The molecule has 2 saturated heterocycles. The topological polar surface area (TPSA) is 116 Å². The second-order valence-electron chi connectivity index (χ2n) is 12.1. The molecule has 2 bridgehead atoms. The number of carboxylic acids is 1. The van der Waals surface area contributed by atoms with E-state index in [1.165, 1.54) is 17.7 Å². The Kier molecular flexibility index (Phi) is 8.87. The molecule has 240 valence electrons. The number of amides is 1. The van der Waals surface area contributed by atoms with Gasteiger partial charge in [0.1, 0.15) is 24.0 Å². The molecule has 1 saturated carbocycles. The molecule has 3 atom stereocenters. The molecule has 3 heterocycles. The number of carboxylic acid groups (broad SMARTS) is 1. The van der Waals surface area contributed by atoms with Crippen molar-refractivity contribution in [3.8, 4) is 17.0 Å². The normalized spacial score (nSPS) is 22.0. The molecule has 46 heavy (non-hydrogen) atoms. The summed E-state index contributed by atoms with van der Waals surface area (Å²) in [4.78, 5) is 34.1. The maximum atomic E-state index is 13.7. The molecule has 0 radical (unpaired) electrons. The number of benzene rings is 2. The summed E-state index contributed by atoms with van der Waals surface area (Å²) >= 11 is 6.49. The van der Waals surface area contributed by atoms with Crippen LogP contribution in [0, 0.1) is 17.2 Å². The van der Waals surface area contributed by atoms with Gasteiger partial charge in [0.15, 0.2) is 5.82 Å². The van der Waals surface area contributed by atoms with Gasteiger partial charge in [0.2, 0.25) is 5.91 Å². The van der Waals surface area contributed by atoms with Crippen molar-refractivity contribution in [3.05, 3.63) is 76.8 Å². The molecular formula is C34H32ClF3N4O4. The van der Waals surface area contributed by atoms with Gasteiger partial charge in [-0.2, -0.15) is 13.2 Å². The van der Waals surface area contributed by atoms with Crippen LogP contribution in [0.3, 0.4) is 0 Å². The van der Waals surface area contributed by atoms with E-state index >= 15 is 0 Å². The van der Waals surface area contributed by atoms with E-state index in [1.54, 1.807) is 24.3 Å². The number of para-hydroxylation sites is 1. The van der Waals surface area contributed by atoms with Crippen LogP contribution in [0.5, 0.6) is 5.75 Å². The standard InChI is InChI=1S/C34H32ClF3N4O4/c35-27-4-1-3-25(28-5-2-6-29(40-28)41-31(34(36,37)38)26(17-39)33(44)45)30(27)46-18-19-7-9-20(10-8-19)22-15-23-13-14-24(16-22)42(23)32(43)21-11-12-21/h1-10,17,21-24,26,39H,11-16,18H2,(H,44,45). The zero-order chi connectivity index (χ0) is 32.6. The van der Waals surface area contributed by atoms with Gasteiger partial charge < -0.3 is 20.2 Å². The minimum atomic E-state index is -5.09. The average Bonchev–Trinajstić information content (AvgIpc) is 3.84. The Morgan fingerprint density at radius 1 is 1.04 bits per heavy atom. The number of hydrogen-bond acceptors (Lipinski definition) is 6. The van der Waals surface area contributed by atoms with Crippen molar-refractivity contribution in [1.82, 2.24) is 9.88 Å². The predicted molar refractivity (Wildman–Crippen MR) is 167 cm³/mol. The number of halogens is 4. The van der Waals surface area contributed by atoms with Crippen molar-refractivity contribution < 1.29 is 32.6 Å². The van der Waals surface area contributed by atoms with Gasteiger partial charge in [-0.25, -0.2) is 9.98 Å². The molecule has 2 N–H and O–H groups in total. The van der Waals surface area contributed by atoms with Crippen LogP contribution in [0.2, 0.25) is 5.02 Å². The predicted octanol–water partition coefficient (Wildman–Crippen LogP) is 7.61. The van der Waals surface area contributed by atoms with Gasteiger partial charge in [-0.05, 0) is 79.8 Å². The lowest BCUT2D eigenvalue weighted by molar-refractivity contribution is -0.139. The molecule has 1 aromatic heterocycles. The number of hydrogen-bond donors (Lipinski definition) is 2. The number of piperidine rings is 1. The van der Waals surface area contributed by atoms with Crippen molar-refractivity contribution in [2.75, 3.05) is 0 Å². The zero-order valence-corrected chi connectivity index (χ0v) is 25.5. The highest BCUT2D eigenvalue weighted by Crippen LogP contribution is 2.46. The molecule has 1 amide bonds. The van der Waals surface area contributed by atoms with E-state index in [0.717, 1.165) is 44.1 Å². The molecular weight excluding hydrogens is 621 g/mol. The van der Waals surface area contributed by atoms with E-state index < -0.39 is 23.8 Å². The number of ether oxygens (including phenoxy) is 1. The molecule has 3 unspecified atom stereocenters. The lowest BCUT2D eigenvalue weighted by atomic mass is 9.84. The largest absolute Gasteiger partial charge is 0.487 e. The van der Waals surface area contributed by atoms with E-state index in [2.05, 4.69) is 27.0 Å². The smallest absolute Gasteiger partial charge is 0.430 e. The van der Waals surface area contributed by atoms with Crippen molar-refractivity contribution in [1.29, 1.82) is 5.41 Å². The van der Waals surface area contributed by atoms with Crippen LogP contribution in [-0.4, -0.2) is 57.1 Å². The first-order valence-corrected chi connectivity index (χ1v) is 15.6. The Morgan fingerprint density at radius 3 is 2.33 bits per heavy atom. The van der Waals surface area contributed by atoms with Crippen LogP contribution in [0.15, 0.2) is 65.7 Å². The average molecular weight is 653 g/mol. The summed E-state index contributed by atoms with van der Waals surface area (Å²) in [5, 5.41) is 16.6. The highest BCUT2D eigenvalue weighted by Gasteiger charge is 2.47. The number of pyridine rings is 1. The quantitative estimate of drug-likeness (QED) is 0.219. The van der Waals surface area contributed by atoms with Gasteiger partial charge in [-0.1, -0.05) is 48.0 Å². The Bertz CT molecular complexity index is 1660. The monoisotopic (exact) mass is 652 g/mol. The summed E-state index contributed by atoms with van der Waals surface area (Å²) < 4.78 is 47.1. The number of alkyl halides is 3. The number of fused-ring (bicyclic) bond motifs is 2. The maximum Gasteiger partial charge on any atom is 0.430 e. The fourth-order valence-corrected chi connectivity index (χ4v) is 6.81. The SMILES string of the molecule is N=CC(C(=O)O)C(=Nc1cccc(-c2cccc(Cl)c2OCc2ccc(C3CC4CCC(C3)N4C(=O)C3CC3)cc2)n1)C(F)(F)F. The first-order chi connectivity index (χ1) is 22.0. The molecule has 6 rings (SSSR count). The highest BCUT2D eigenvalue weighted by atomic mass is 35.5. The van der Waals surface area contributed by atoms with Crippen LogP contribution < -0.4 is 4.74 Å².